The molecular weight excluding hydrogens is 337 g/mol. The standard InChI is InChI=1S/C19H22FN3O3/c1-25-16-7-6-12(8-17(16)26-2)9-19(24)21-18-11-15(22-23-18)13-4-3-5-14(20)10-13/h3-8,10,15,18,22-23H,9,11H2,1-2H3,(H,21,24). The number of carbonyl (C=O) groups is 1. The molecule has 2 unspecified atom stereocenters. The van der Waals surface area contributed by atoms with Gasteiger partial charge in [-0.2, -0.15) is 0 Å². The van der Waals surface area contributed by atoms with Gasteiger partial charge in [0.2, 0.25) is 5.91 Å². The van der Waals surface area contributed by atoms with Gasteiger partial charge >= 0.3 is 0 Å². The van der Waals surface area contributed by atoms with Crippen molar-refractivity contribution in [3.05, 3.63) is 59.4 Å². The van der Waals surface area contributed by atoms with Crippen molar-refractivity contribution >= 4 is 5.91 Å². The Labute approximate surface area is 151 Å². The Kier molecular flexibility index (Phi) is 5.70. The van der Waals surface area contributed by atoms with E-state index in [1.807, 2.05) is 12.1 Å². The molecule has 0 aliphatic carbocycles. The molecule has 1 aliphatic heterocycles. The fourth-order valence-corrected chi connectivity index (χ4v) is 3.01. The van der Waals surface area contributed by atoms with Crippen LogP contribution in [0.5, 0.6) is 11.5 Å². The van der Waals surface area contributed by atoms with E-state index in [1.165, 1.54) is 12.1 Å². The maximum atomic E-state index is 13.3. The molecular formula is C19H22FN3O3. The first-order chi connectivity index (χ1) is 12.6. The van der Waals surface area contributed by atoms with E-state index in [2.05, 4.69) is 16.2 Å². The fourth-order valence-electron chi connectivity index (χ4n) is 3.01. The minimum Gasteiger partial charge on any atom is -0.493 e. The highest BCUT2D eigenvalue weighted by Crippen LogP contribution is 2.27. The van der Waals surface area contributed by atoms with Crippen LogP contribution in [0.1, 0.15) is 23.6 Å². The highest BCUT2D eigenvalue weighted by atomic mass is 19.1. The van der Waals surface area contributed by atoms with Gasteiger partial charge in [0.1, 0.15) is 5.82 Å². The average Bonchev–Trinajstić information content (AvgIpc) is 3.10. The molecule has 1 saturated heterocycles. The summed E-state index contributed by atoms with van der Waals surface area (Å²) in [4.78, 5) is 12.3. The van der Waals surface area contributed by atoms with Crippen molar-refractivity contribution in [2.24, 2.45) is 0 Å². The number of rotatable bonds is 6. The summed E-state index contributed by atoms with van der Waals surface area (Å²) in [6.07, 6.45) is 0.625. The third kappa shape index (κ3) is 4.30. The highest BCUT2D eigenvalue weighted by Gasteiger charge is 2.26. The Morgan fingerprint density at radius 2 is 1.96 bits per heavy atom. The summed E-state index contributed by atoms with van der Waals surface area (Å²) in [5.74, 6) is 0.822. The molecule has 0 radical (unpaired) electrons. The van der Waals surface area contributed by atoms with Gasteiger partial charge in [0.05, 0.1) is 26.8 Å². The molecule has 3 N–H and O–H groups in total. The van der Waals surface area contributed by atoms with E-state index in [-0.39, 0.29) is 30.4 Å². The van der Waals surface area contributed by atoms with Crippen LogP contribution in [0.2, 0.25) is 0 Å². The topological polar surface area (TPSA) is 71.6 Å². The third-order valence-electron chi connectivity index (χ3n) is 4.30. The van der Waals surface area contributed by atoms with E-state index >= 15 is 0 Å². The van der Waals surface area contributed by atoms with Crippen LogP contribution in [-0.2, 0) is 11.2 Å². The minimum atomic E-state index is -0.273. The number of amides is 1. The molecule has 6 nitrogen and oxygen atoms in total. The molecule has 2 aromatic carbocycles. The van der Waals surface area contributed by atoms with E-state index in [1.54, 1.807) is 32.4 Å². The van der Waals surface area contributed by atoms with E-state index in [0.29, 0.717) is 17.9 Å². The number of hydrogen-bond acceptors (Lipinski definition) is 5. The maximum absolute atomic E-state index is 13.3. The van der Waals surface area contributed by atoms with Crippen molar-refractivity contribution in [1.29, 1.82) is 0 Å². The van der Waals surface area contributed by atoms with Gasteiger partial charge in [-0.05, 0) is 35.4 Å². The smallest absolute Gasteiger partial charge is 0.225 e. The number of hydrazine groups is 1. The van der Waals surface area contributed by atoms with E-state index < -0.39 is 0 Å². The summed E-state index contributed by atoms with van der Waals surface area (Å²) in [5.41, 5.74) is 7.79. The second kappa shape index (κ2) is 8.16. The van der Waals surface area contributed by atoms with Gasteiger partial charge in [0.25, 0.3) is 0 Å². The van der Waals surface area contributed by atoms with E-state index in [4.69, 9.17) is 9.47 Å². The molecule has 1 aliphatic rings. The van der Waals surface area contributed by atoms with E-state index in [9.17, 15) is 9.18 Å². The van der Waals surface area contributed by atoms with Crippen LogP contribution >= 0.6 is 0 Å². The zero-order valence-electron chi connectivity index (χ0n) is 14.7. The van der Waals surface area contributed by atoms with Crippen molar-refractivity contribution in [1.82, 2.24) is 16.2 Å². The number of carbonyl (C=O) groups excluding carboxylic acids is 1. The van der Waals surface area contributed by atoms with Crippen molar-refractivity contribution in [3.8, 4) is 11.5 Å². The Hall–Kier alpha value is -2.64. The van der Waals surface area contributed by atoms with Crippen LogP contribution in [0.25, 0.3) is 0 Å². The molecule has 1 heterocycles. The van der Waals surface area contributed by atoms with Crippen molar-refractivity contribution in [3.63, 3.8) is 0 Å². The maximum Gasteiger partial charge on any atom is 0.225 e. The van der Waals surface area contributed by atoms with E-state index in [0.717, 1.165) is 11.1 Å². The molecule has 3 rings (SSSR count). The van der Waals surface area contributed by atoms with Gasteiger partial charge in [0.15, 0.2) is 11.5 Å². The predicted octanol–water partition coefficient (Wildman–Crippen LogP) is 2.07. The number of benzene rings is 2. The largest absolute Gasteiger partial charge is 0.493 e. The fraction of sp³-hybridized carbons (Fsp3) is 0.316. The molecule has 138 valence electrons. The Balaban J connectivity index is 1.56. The predicted molar refractivity (Wildman–Crippen MR) is 95.2 cm³/mol. The van der Waals surface area contributed by atoms with Crippen molar-refractivity contribution < 1.29 is 18.7 Å². The van der Waals surface area contributed by atoms with Gasteiger partial charge in [-0.15, -0.1) is 0 Å². The summed E-state index contributed by atoms with van der Waals surface area (Å²) in [6, 6.07) is 11.8. The summed E-state index contributed by atoms with van der Waals surface area (Å²) >= 11 is 0. The van der Waals surface area contributed by atoms with Crippen molar-refractivity contribution in [2.45, 2.75) is 25.0 Å². The van der Waals surface area contributed by atoms with Gasteiger partial charge < -0.3 is 14.8 Å². The lowest BCUT2D eigenvalue weighted by atomic mass is 10.0. The Bertz CT molecular complexity index is 784. The summed E-state index contributed by atoms with van der Waals surface area (Å²) in [6.45, 7) is 0. The molecule has 26 heavy (non-hydrogen) atoms. The lowest BCUT2D eigenvalue weighted by Crippen LogP contribution is -2.44. The van der Waals surface area contributed by atoms with Gasteiger partial charge in [-0.25, -0.2) is 15.2 Å². The van der Waals surface area contributed by atoms with Crippen LogP contribution in [0, 0.1) is 5.82 Å². The summed E-state index contributed by atoms with van der Waals surface area (Å²) < 4.78 is 23.8. The zero-order chi connectivity index (χ0) is 18.5. The van der Waals surface area contributed by atoms with Crippen LogP contribution < -0.4 is 25.6 Å². The molecule has 7 heteroatoms. The number of halogens is 1. The lowest BCUT2D eigenvalue weighted by molar-refractivity contribution is -0.121. The second-order valence-electron chi connectivity index (χ2n) is 6.12. The third-order valence-corrected chi connectivity index (χ3v) is 4.30. The van der Waals surface area contributed by atoms with Gasteiger partial charge in [-0.1, -0.05) is 18.2 Å². The molecule has 0 bridgehead atoms. The van der Waals surface area contributed by atoms with Crippen LogP contribution in [0.3, 0.4) is 0 Å². The lowest BCUT2D eigenvalue weighted by Gasteiger charge is -2.13. The first-order valence-corrected chi connectivity index (χ1v) is 8.36. The Morgan fingerprint density at radius 1 is 1.15 bits per heavy atom. The molecule has 1 amide bonds. The average molecular weight is 359 g/mol. The molecule has 1 fully saturated rings. The first-order valence-electron chi connectivity index (χ1n) is 8.36. The Morgan fingerprint density at radius 3 is 2.69 bits per heavy atom. The van der Waals surface area contributed by atoms with Crippen molar-refractivity contribution in [2.75, 3.05) is 14.2 Å². The van der Waals surface area contributed by atoms with Gasteiger partial charge in [-0.3, -0.25) is 4.79 Å². The minimum absolute atomic E-state index is 0.0583. The van der Waals surface area contributed by atoms with Crippen LogP contribution in [-0.4, -0.2) is 26.3 Å². The quantitative estimate of drug-likeness (QED) is 0.737. The highest BCUT2D eigenvalue weighted by molar-refractivity contribution is 5.79. The van der Waals surface area contributed by atoms with Crippen LogP contribution in [0.15, 0.2) is 42.5 Å². The normalized spacial score (nSPS) is 19.2. The summed E-state index contributed by atoms with van der Waals surface area (Å²) in [7, 11) is 3.13. The second-order valence-corrected chi connectivity index (χ2v) is 6.12. The summed E-state index contributed by atoms with van der Waals surface area (Å²) in [5, 5.41) is 2.93. The number of nitrogens with one attached hydrogen (secondary N) is 3. The SMILES string of the molecule is COc1ccc(CC(=O)NC2CC(c3cccc(F)c3)NN2)cc1OC. The molecule has 2 aromatic rings. The number of methoxy groups -OCH3 is 2. The zero-order valence-corrected chi connectivity index (χ0v) is 14.7. The molecule has 0 aromatic heterocycles. The number of hydrogen-bond donors (Lipinski definition) is 3. The molecule has 2 atom stereocenters. The first kappa shape index (κ1) is 18.2. The van der Waals surface area contributed by atoms with Gasteiger partial charge in [0, 0.05) is 12.5 Å². The monoisotopic (exact) mass is 359 g/mol. The molecule has 0 saturated carbocycles. The molecule has 0 spiro atoms. The number of ether oxygens (including phenoxy) is 2. The van der Waals surface area contributed by atoms with Crippen LogP contribution in [0.4, 0.5) is 4.39 Å².